The Labute approximate surface area is 137 Å². The predicted octanol–water partition coefficient (Wildman–Crippen LogP) is 3.72. The van der Waals surface area contributed by atoms with Crippen molar-refractivity contribution in [3.8, 4) is 0 Å². The third kappa shape index (κ3) is 3.53. The van der Waals surface area contributed by atoms with Gasteiger partial charge in [-0.2, -0.15) is 0 Å². The second-order valence-corrected chi connectivity index (χ2v) is 6.94. The van der Waals surface area contributed by atoms with Crippen LogP contribution >= 0.6 is 11.6 Å². The summed E-state index contributed by atoms with van der Waals surface area (Å²) < 4.78 is 5.45. The molecule has 1 aromatic rings. The van der Waals surface area contributed by atoms with E-state index in [-0.39, 0.29) is 11.7 Å². The van der Waals surface area contributed by atoms with Crippen molar-refractivity contribution in [2.24, 2.45) is 5.92 Å². The number of nitrogens with zero attached hydrogens (tertiary/aromatic N) is 1. The lowest BCUT2D eigenvalue weighted by Gasteiger charge is -2.39. The molecular weight excluding hydrogens is 298 g/mol. The maximum atomic E-state index is 12.9. The van der Waals surface area contributed by atoms with Crippen molar-refractivity contribution in [3.05, 3.63) is 34.3 Å². The molecule has 2 fully saturated rings. The summed E-state index contributed by atoms with van der Waals surface area (Å²) in [5, 5.41) is 0.696. The topological polar surface area (TPSA) is 29.5 Å². The number of halogens is 1. The van der Waals surface area contributed by atoms with E-state index >= 15 is 0 Å². The molecular formula is C18H24ClNO2. The minimum absolute atomic E-state index is 0.122. The second-order valence-electron chi connectivity index (χ2n) is 6.50. The van der Waals surface area contributed by atoms with E-state index in [1.54, 1.807) is 0 Å². The highest BCUT2D eigenvalue weighted by atomic mass is 35.5. The summed E-state index contributed by atoms with van der Waals surface area (Å²) in [5.41, 5.74) is 1.82. The van der Waals surface area contributed by atoms with E-state index in [9.17, 15) is 4.79 Å². The standard InChI is InChI=1S/C18H24ClNO2/c1-13-11-15(19)4-5-17(13)18(21)14-3-2-8-20(12-14)16-6-9-22-10-7-16/h4-5,11,14,16H,2-3,6-10,12H2,1H3/t14-/m1/s1. The number of ketones is 1. The molecule has 1 atom stereocenters. The minimum atomic E-state index is 0.122. The molecule has 0 aromatic heterocycles. The van der Waals surface area contributed by atoms with Gasteiger partial charge in [-0.3, -0.25) is 9.69 Å². The van der Waals surface area contributed by atoms with Gasteiger partial charge in [0.2, 0.25) is 0 Å². The zero-order valence-corrected chi connectivity index (χ0v) is 13.9. The number of aryl methyl sites for hydroxylation is 1. The molecule has 2 saturated heterocycles. The van der Waals surface area contributed by atoms with Crippen LogP contribution in [0.3, 0.4) is 0 Å². The lowest BCUT2D eigenvalue weighted by atomic mass is 9.87. The van der Waals surface area contributed by atoms with Crippen molar-refractivity contribution in [1.82, 2.24) is 4.90 Å². The smallest absolute Gasteiger partial charge is 0.167 e. The van der Waals surface area contributed by atoms with Gasteiger partial charge in [-0.05, 0) is 62.9 Å². The fourth-order valence-electron chi connectivity index (χ4n) is 3.73. The highest BCUT2D eigenvalue weighted by Gasteiger charge is 2.31. The van der Waals surface area contributed by atoms with Crippen LogP contribution in [0.2, 0.25) is 5.02 Å². The Morgan fingerprint density at radius 1 is 1.27 bits per heavy atom. The lowest BCUT2D eigenvalue weighted by molar-refractivity contribution is 0.0183. The highest BCUT2D eigenvalue weighted by Crippen LogP contribution is 2.27. The number of ether oxygens (including phenoxy) is 1. The number of piperidine rings is 1. The van der Waals surface area contributed by atoms with E-state index < -0.39 is 0 Å². The minimum Gasteiger partial charge on any atom is -0.381 e. The first kappa shape index (κ1) is 16.0. The fraction of sp³-hybridized carbons (Fsp3) is 0.611. The Bertz CT molecular complexity index is 540. The molecule has 3 rings (SSSR count). The summed E-state index contributed by atoms with van der Waals surface area (Å²) in [5.74, 6) is 0.405. The molecule has 0 spiro atoms. The third-order valence-electron chi connectivity index (χ3n) is 4.98. The summed E-state index contributed by atoms with van der Waals surface area (Å²) in [4.78, 5) is 15.4. The third-order valence-corrected chi connectivity index (χ3v) is 5.22. The van der Waals surface area contributed by atoms with E-state index in [4.69, 9.17) is 16.3 Å². The largest absolute Gasteiger partial charge is 0.381 e. The molecule has 0 bridgehead atoms. The quantitative estimate of drug-likeness (QED) is 0.795. The Hall–Kier alpha value is -0.900. The van der Waals surface area contributed by atoms with Crippen LogP contribution in [0, 0.1) is 12.8 Å². The maximum absolute atomic E-state index is 12.9. The molecule has 0 radical (unpaired) electrons. The van der Waals surface area contributed by atoms with Gasteiger partial charge < -0.3 is 4.74 Å². The van der Waals surface area contributed by atoms with Crippen molar-refractivity contribution in [3.63, 3.8) is 0 Å². The number of carbonyl (C=O) groups excluding carboxylic acids is 1. The zero-order chi connectivity index (χ0) is 15.5. The van der Waals surface area contributed by atoms with E-state index in [1.165, 1.54) is 0 Å². The number of carbonyl (C=O) groups is 1. The van der Waals surface area contributed by atoms with Gasteiger partial charge in [-0.1, -0.05) is 11.6 Å². The van der Waals surface area contributed by atoms with E-state index in [1.807, 2.05) is 25.1 Å². The molecule has 2 aliphatic heterocycles. The van der Waals surface area contributed by atoms with Crippen molar-refractivity contribution >= 4 is 17.4 Å². The Kier molecular flexibility index (Phi) is 5.17. The monoisotopic (exact) mass is 321 g/mol. The first-order valence-corrected chi connectivity index (χ1v) is 8.65. The normalized spacial score (nSPS) is 24.4. The molecule has 2 heterocycles. The van der Waals surface area contributed by atoms with E-state index in [0.717, 1.165) is 63.1 Å². The fourth-order valence-corrected chi connectivity index (χ4v) is 3.95. The SMILES string of the molecule is Cc1cc(Cl)ccc1C(=O)[C@@H]1CCCN(C2CCOCC2)C1. The molecule has 0 N–H and O–H groups in total. The number of Topliss-reactive ketones (excluding diaryl/α,β-unsaturated/α-hetero) is 1. The van der Waals surface area contributed by atoms with Gasteiger partial charge in [-0.15, -0.1) is 0 Å². The van der Waals surface area contributed by atoms with E-state index in [2.05, 4.69) is 4.90 Å². The first-order chi connectivity index (χ1) is 10.6. The lowest BCUT2D eigenvalue weighted by Crippen LogP contribution is -2.46. The first-order valence-electron chi connectivity index (χ1n) is 8.27. The van der Waals surface area contributed by atoms with Gasteiger partial charge in [-0.25, -0.2) is 0 Å². The van der Waals surface area contributed by atoms with Crippen LogP contribution < -0.4 is 0 Å². The molecule has 4 heteroatoms. The number of likely N-dealkylation sites (tertiary alicyclic amines) is 1. The average molecular weight is 322 g/mol. The second kappa shape index (κ2) is 7.12. The number of benzene rings is 1. The average Bonchev–Trinajstić information content (AvgIpc) is 2.55. The zero-order valence-electron chi connectivity index (χ0n) is 13.2. The highest BCUT2D eigenvalue weighted by molar-refractivity contribution is 6.30. The molecule has 0 unspecified atom stereocenters. The van der Waals surface area contributed by atoms with E-state index in [0.29, 0.717) is 11.1 Å². The Morgan fingerprint density at radius 2 is 2.05 bits per heavy atom. The maximum Gasteiger partial charge on any atom is 0.167 e. The van der Waals surface area contributed by atoms with Crippen molar-refractivity contribution in [1.29, 1.82) is 0 Å². The molecule has 0 amide bonds. The van der Waals surface area contributed by atoms with Crippen molar-refractivity contribution in [2.45, 2.75) is 38.6 Å². The summed E-state index contributed by atoms with van der Waals surface area (Å²) in [6.45, 7) is 5.70. The van der Waals surface area contributed by atoms with Gasteiger partial charge in [0.15, 0.2) is 5.78 Å². The molecule has 0 saturated carbocycles. The van der Waals surface area contributed by atoms with Gasteiger partial charge in [0.05, 0.1) is 0 Å². The van der Waals surface area contributed by atoms with Crippen LogP contribution in [-0.2, 0) is 4.74 Å². The number of hydrogen-bond acceptors (Lipinski definition) is 3. The van der Waals surface area contributed by atoms with Gasteiger partial charge in [0.25, 0.3) is 0 Å². The van der Waals surface area contributed by atoms with Crippen LogP contribution in [0.5, 0.6) is 0 Å². The van der Waals surface area contributed by atoms with Crippen LogP contribution in [0.4, 0.5) is 0 Å². The van der Waals surface area contributed by atoms with Crippen LogP contribution in [-0.4, -0.2) is 43.0 Å². The van der Waals surface area contributed by atoms with Crippen LogP contribution in [0.1, 0.15) is 41.6 Å². The number of rotatable bonds is 3. The molecule has 120 valence electrons. The summed E-state index contributed by atoms with van der Waals surface area (Å²) in [6, 6.07) is 6.18. The number of hydrogen-bond donors (Lipinski definition) is 0. The summed E-state index contributed by atoms with van der Waals surface area (Å²) in [7, 11) is 0. The van der Waals surface area contributed by atoms with Gasteiger partial charge in [0.1, 0.15) is 0 Å². The van der Waals surface area contributed by atoms with Crippen molar-refractivity contribution < 1.29 is 9.53 Å². The molecule has 22 heavy (non-hydrogen) atoms. The summed E-state index contributed by atoms with van der Waals surface area (Å²) >= 11 is 6.00. The van der Waals surface area contributed by atoms with Crippen molar-refractivity contribution in [2.75, 3.05) is 26.3 Å². The molecule has 0 aliphatic carbocycles. The van der Waals surface area contributed by atoms with Crippen LogP contribution in [0.15, 0.2) is 18.2 Å². The predicted molar refractivity (Wildman–Crippen MR) is 88.7 cm³/mol. The molecule has 2 aliphatic rings. The van der Waals surface area contributed by atoms with Gasteiger partial charge >= 0.3 is 0 Å². The van der Waals surface area contributed by atoms with Crippen LogP contribution in [0.25, 0.3) is 0 Å². The summed E-state index contributed by atoms with van der Waals surface area (Å²) in [6.07, 6.45) is 4.31. The molecule has 1 aromatic carbocycles. The Balaban J connectivity index is 1.69. The molecule has 3 nitrogen and oxygen atoms in total. The van der Waals surface area contributed by atoms with Gasteiger partial charge in [0, 0.05) is 42.3 Å². The Morgan fingerprint density at radius 3 is 2.77 bits per heavy atom.